The number of aliphatic hydroxyl groups is 1. The third kappa shape index (κ3) is 4.47. The molecule has 1 aromatic carbocycles. The molecule has 0 unspecified atom stereocenters. The Morgan fingerprint density at radius 3 is 2.20 bits per heavy atom. The van der Waals surface area contributed by atoms with Gasteiger partial charge in [-0.05, 0) is 37.1 Å². The quantitative estimate of drug-likeness (QED) is 0.835. The van der Waals surface area contributed by atoms with Crippen LogP contribution in [0.5, 0.6) is 0 Å². The predicted octanol–water partition coefficient (Wildman–Crippen LogP) is 1.81. The van der Waals surface area contributed by atoms with E-state index in [1.807, 2.05) is 0 Å². The number of alkyl halides is 3. The smallest absolute Gasteiger partial charge is 0.376 e. The van der Waals surface area contributed by atoms with E-state index in [2.05, 4.69) is 0 Å². The number of halogens is 4. The van der Waals surface area contributed by atoms with E-state index in [1.54, 1.807) is 7.05 Å². The zero-order valence-electron chi connectivity index (χ0n) is 13.5. The molecule has 1 aliphatic heterocycles. The van der Waals surface area contributed by atoms with Crippen molar-refractivity contribution in [2.24, 2.45) is 0 Å². The Labute approximate surface area is 141 Å². The Bertz CT molecular complexity index is 625. The van der Waals surface area contributed by atoms with E-state index in [0.29, 0.717) is 18.4 Å². The van der Waals surface area contributed by atoms with Gasteiger partial charge in [-0.1, -0.05) is 0 Å². The van der Waals surface area contributed by atoms with Gasteiger partial charge in [-0.25, -0.2) is 4.39 Å². The van der Waals surface area contributed by atoms with E-state index in [4.69, 9.17) is 5.11 Å². The first-order valence-electron chi connectivity index (χ1n) is 7.67. The van der Waals surface area contributed by atoms with E-state index >= 15 is 0 Å². The fourth-order valence-electron chi connectivity index (χ4n) is 2.75. The molecular weight excluding hydrogens is 344 g/mol. The van der Waals surface area contributed by atoms with Crippen LogP contribution >= 0.6 is 0 Å². The second-order valence-corrected chi connectivity index (χ2v) is 5.92. The number of nitrogens with zero attached hydrogens (tertiary/aromatic N) is 2. The highest BCUT2D eigenvalue weighted by molar-refractivity contribution is 5.94. The third-order valence-corrected chi connectivity index (χ3v) is 4.28. The van der Waals surface area contributed by atoms with Crippen LogP contribution in [0.4, 0.5) is 17.6 Å². The van der Waals surface area contributed by atoms with Crippen LogP contribution in [0.3, 0.4) is 0 Å². The van der Waals surface area contributed by atoms with Gasteiger partial charge >= 0.3 is 6.18 Å². The highest BCUT2D eigenvalue weighted by Gasteiger charge is 2.46. The summed E-state index contributed by atoms with van der Waals surface area (Å²) in [5.41, 5.74) is 0.301. The highest BCUT2D eigenvalue weighted by Crippen LogP contribution is 2.24. The summed E-state index contributed by atoms with van der Waals surface area (Å²) in [6.45, 7) is 0.0232. The first kappa shape index (κ1) is 19.2. The van der Waals surface area contributed by atoms with Gasteiger partial charge in [-0.15, -0.1) is 0 Å². The number of hydrogen-bond donors (Lipinski definition) is 1. The number of amides is 2. The standard InChI is InChI=1S/C16H18F4N2O3/c1-21(14(24)10-2-4-11(17)5-3-10)12-6-8-22(9-7-12)15(25)13(23)16(18,19)20/h2-5,12-13,23H,6-9H2,1H3/t13-/m1/s1. The van der Waals surface area contributed by atoms with Crippen LogP contribution in [0.15, 0.2) is 24.3 Å². The fraction of sp³-hybridized carbons (Fsp3) is 0.500. The summed E-state index contributed by atoms with van der Waals surface area (Å²) in [7, 11) is 1.55. The highest BCUT2D eigenvalue weighted by atomic mass is 19.4. The van der Waals surface area contributed by atoms with Gasteiger partial charge in [0.2, 0.25) is 6.10 Å². The lowest BCUT2D eigenvalue weighted by molar-refractivity contribution is -0.211. The molecule has 2 rings (SSSR count). The van der Waals surface area contributed by atoms with Gasteiger partial charge < -0.3 is 14.9 Å². The number of piperidine rings is 1. The zero-order valence-corrected chi connectivity index (χ0v) is 13.5. The Balaban J connectivity index is 1.94. The molecule has 1 fully saturated rings. The first-order valence-corrected chi connectivity index (χ1v) is 7.67. The number of likely N-dealkylation sites (tertiary alicyclic amines) is 1. The molecule has 0 spiro atoms. The third-order valence-electron chi connectivity index (χ3n) is 4.28. The summed E-state index contributed by atoms with van der Waals surface area (Å²) in [4.78, 5) is 26.4. The average molecular weight is 362 g/mol. The minimum atomic E-state index is -5.00. The van der Waals surface area contributed by atoms with Gasteiger partial charge in [0, 0.05) is 31.7 Å². The lowest BCUT2D eigenvalue weighted by Gasteiger charge is -2.37. The lowest BCUT2D eigenvalue weighted by atomic mass is 10.0. The van der Waals surface area contributed by atoms with Gasteiger partial charge in [0.15, 0.2) is 0 Å². The summed E-state index contributed by atoms with van der Waals surface area (Å²) < 4.78 is 50.1. The number of rotatable bonds is 3. The maximum Gasteiger partial charge on any atom is 0.423 e. The largest absolute Gasteiger partial charge is 0.423 e. The molecule has 1 aromatic rings. The Morgan fingerprint density at radius 2 is 1.72 bits per heavy atom. The van der Waals surface area contributed by atoms with Gasteiger partial charge in [0.1, 0.15) is 5.82 Å². The SMILES string of the molecule is CN(C(=O)c1ccc(F)cc1)C1CCN(C(=O)[C@@H](O)C(F)(F)F)CC1. The van der Waals surface area contributed by atoms with Crippen molar-refractivity contribution >= 4 is 11.8 Å². The zero-order chi connectivity index (χ0) is 18.8. The van der Waals surface area contributed by atoms with E-state index in [-0.39, 0.29) is 25.0 Å². The molecule has 0 aliphatic carbocycles. The van der Waals surface area contributed by atoms with E-state index in [1.165, 1.54) is 29.2 Å². The minimum Gasteiger partial charge on any atom is -0.376 e. The molecule has 0 aromatic heterocycles. The molecule has 25 heavy (non-hydrogen) atoms. The van der Waals surface area contributed by atoms with Gasteiger partial charge in [0.05, 0.1) is 0 Å². The molecule has 1 N–H and O–H groups in total. The topological polar surface area (TPSA) is 60.9 Å². The first-order chi connectivity index (χ1) is 11.6. The Kier molecular flexibility index (Phi) is 5.66. The molecule has 1 heterocycles. The molecule has 1 saturated heterocycles. The molecule has 5 nitrogen and oxygen atoms in total. The van der Waals surface area contributed by atoms with Crippen molar-refractivity contribution in [2.75, 3.05) is 20.1 Å². The number of carbonyl (C=O) groups is 2. The van der Waals surface area contributed by atoms with Crippen molar-refractivity contribution in [2.45, 2.75) is 31.2 Å². The molecule has 1 aliphatic rings. The number of carbonyl (C=O) groups excluding carboxylic acids is 2. The van der Waals surface area contributed by atoms with E-state index in [0.717, 1.165) is 4.90 Å². The van der Waals surface area contributed by atoms with Crippen molar-refractivity contribution in [1.29, 1.82) is 0 Å². The summed E-state index contributed by atoms with van der Waals surface area (Å²) in [5, 5.41) is 9.03. The number of hydrogen-bond acceptors (Lipinski definition) is 3. The molecule has 2 amide bonds. The Hall–Kier alpha value is -2.16. The van der Waals surface area contributed by atoms with Crippen LogP contribution in [0.25, 0.3) is 0 Å². The van der Waals surface area contributed by atoms with Crippen LogP contribution < -0.4 is 0 Å². The van der Waals surface area contributed by atoms with Crippen molar-refractivity contribution in [3.63, 3.8) is 0 Å². The van der Waals surface area contributed by atoms with Gasteiger partial charge in [-0.2, -0.15) is 13.2 Å². The molecular formula is C16H18F4N2O3. The second kappa shape index (κ2) is 7.38. The van der Waals surface area contributed by atoms with Crippen LogP contribution in [0.2, 0.25) is 0 Å². The summed E-state index contributed by atoms with van der Waals surface area (Å²) in [5.74, 6) is -2.17. The van der Waals surface area contributed by atoms with Gasteiger partial charge in [-0.3, -0.25) is 9.59 Å². The monoisotopic (exact) mass is 362 g/mol. The maximum atomic E-state index is 12.9. The number of benzene rings is 1. The van der Waals surface area contributed by atoms with Crippen LogP contribution in [0, 0.1) is 5.82 Å². The van der Waals surface area contributed by atoms with Crippen molar-refractivity contribution in [3.05, 3.63) is 35.6 Å². The van der Waals surface area contributed by atoms with Crippen molar-refractivity contribution in [1.82, 2.24) is 9.80 Å². The maximum absolute atomic E-state index is 12.9. The van der Waals surface area contributed by atoms with E-state index < -0.39 is 24.0 Å². The van der Waals surface area contributed by atoms with Gasteiger partial charge in [0.25, 0.3) is 11.8 Å². The summed E-state index contributed by atoms with van der Waals surface area (Å²) in [6, 6.07) is 4.78. The minimum absolute atomic E-state index is 0.0116. The van der Waals surface area contributed by atoms with Crippen LogP contribution in [-0.2, 0) is 4.79 Å². The van der Waals surface area contributed by atoms with Crippen molar-refractivity contribution < 1.29 is 32.3 Å². The normalized spacial score (nSPS) is 17.3. The molecule has 0 saturated carbocycles. The Morgan fingerprint density at radius 1 is 1.20 bits per heavy atom. The van der Waals surface area contributed by atoms with Crippen LogP contribution in [0.1, 0.15) is 23.2 Å². The molecule has 1 atom stereocenters. The fourth-order valence-corrected chi connectivity index (χ4v) is 2.75. The predicted molar refractivity (Wildman–Crippen MR) is 80.2 cm³/mol. The molecule has 9 heteroatoms. The van der Waals surface area contributed by atoms with Crippen LogP contribution in [-0.4, -0.2) is 65.2 Å². The van der Waals surface area contributed by atoms with Crippen molar-refractivity contribution in [3.8, 4) is 0 Å². The average Bonchev–Trinajstić information content (AvgIpc) is 2.59. The molecule has 0 radical (unpaired) electrons. The lowest BCUT2D eigenvalue weighted by Crippen LogP contribution is -2.52. The molecule has 138 valence electrons. The molecule has 0 bridgehead atoms. The summed E-state index contributed by atoms with van der Waals surface area (Å²) >= 11 is 0. The second-order valence-electron chi connectivity index (χ2n) is 5.92. The van der Waals surface area contributed by atoms with E-state index in [9.17, 15) is 27.2 Å². The number of aliphatic hydroxyl groups excluding tert-OH is 1. The summed E-state index contributed by atoms with van der Waals surface area (Å²) in [6.07, 6.45) is -7.44.